The molecule has 5 N–H and O–H groups in total. The van der Waals surface area contributed by atoms with Gasteiger partial charge in [0.15, 0.2) is 5.78 Å². The van der Waals surface area contributed by atoms with Gasteiger partial charge >= 0.3 is 0 Å². The highest BCUT2D eigenvalue weighted by Crippen LogP contribution is 2.00. The Bertz CT molecular complexity index is 150. The fourth-order valence-electron chi connectivity index (χ4n) is 1.24. The first kappa shape index (κ1) is 13.5. The van der Waals surface area contributed by atoms with Crippen LogP contribution in [0, 0.1) is 0 Å². The molecule has 0 aromatic rings. The van der Waals surface area contributed by atoms with Crippen LogP contribution in [0.25, 0.3) is 0 Å². The number of Topliss-reactive ketones (excluding diaryl/α,β-unsaturated/α-hetero) is 1. The predicted octanol–water partition coefficient (Wildman–Crippen LogP) is 0.0114. The minimum atomic E-state index is -0.291. The molecule has 4 heteroatoms. The molecule has 4 nitrogen and oxygen atoms in total. The summed E-state index contributed by atoms with van der Waals surface area (Å²) in [6.07, 6.45) is 3.21. The number of ketones is 1. The van der Waals surface area contributed by atoms with Gasteiger partial charge in [0.05, 0.1) is 6.04 Å². The standard InChI is InChI=1S/C10H23N3O/c1-2-13-8-6-10(14)9(12)5-3-4-7-11/h9,13H,2-8,11-12H2,1H3. The van der Waals surface area contributed by atoms with Crippen LogP contribution in [-0.2, 0) is 4.79 Å². The van der Waals surface area contributed by atoms with Gasteiger partial charge in [0.2, 0.25) is 0 Å². The van der Waals surface area contributed by atoms with Gasteiger partial charge in [0.25, 0.3) is 0 Å². The molecule has 0 aliphatic rings. The molecule has 0 aromatic carbocycles. The van der Waals surface area contributed by atoms with Gasteiger partial charge in [-0.25, -0.2) is 0 Å². The summed E-state index contributed by atoms with van der Waals surface area (Å²) in [6.45, 7) is 4.33. The van der Waals surface area contributed by atoms with Crippen LogP contribution in [-0.4, -0.2) is 31.5 Å². The van der Waals surface area contributed by atoms with Gasteiger partial charge in [0.1, 0.15) is 0 Å². The first-order chi connectivity index (χ1) is 6.72. The molecule has 0 bridgehead atoms. The zero-order chi connectivity index (χ0) is 10.8. The minimum absolute atomic E-state index is 0.156. The second-order valence-electron chi connectivity index (χ2n) is 3.46. The number of hydrogen-bond acceptors (Lipinski definition) is 4. The van der Waals surface area contributed by atoms with E-state index in [0.717, 1.165) is 32.4 Å². The maximum absolute atomic E-state index is 11.4. The quantitative estimate of drug-likeness (QED) is 0.459. The summed E-state index contributed by atoms with van der Waals surface area (Å²) in [5, 5.41) is 3.10. The van der Waals surface area contributed by atoms with Gasteiger partial charge in [-0.2, -0.15) is 0 Å². The summed E-state index contributed by atoms with van der Waals surface area (Å²) in [5.41, 5.74) is 11.1. The summed E-state index contributed by atoms with van der Waals surface area (Å²) in [6, 6.07) is -0.291. The lowest BCUT2D eigenvalue weighted by molar-refractivity contribution is -0.120. The molecule has 84 valence electrons. The molecule has 0 saturated heterocycles. The molecule has 0 heterocycles. The van der Waals surface area contributed by atoms with Gasteiger partial charge in [-0.3, -0.25) is 4.79 Å². The van der Waals surface area contributed by atoms with Gasteiger partial charge in [0, 0.05) is 13.0 Å². The van der Waals surface area contributed by atoms with E-state index in [1.54, 1.807) is 0 Å². The largest absolute Gasteiger partial charge is 0.330 e. The number of hydrogen-bond donors (Lipinski definition) is 3. The number of carbonyl (C=O) groups excluding carboxylic acids is 1. The average molecular weight is 201 g/mol. The van der Waals surface area contributed by atoms with Crippen molar-refractivity contribution in [2.24, 2.45) is 11.5 Å². The van der Waals surface area contributed by atoms with E-state index in [1.807, 2.05) is 6.92 Å². The fraction of sp³-hybridized carbons (Fsp3) is 0.900. The Balaban J connectivity index is 3.44. The monoisotopic (exact) mass is 201 g/mol. The minimum Gasteiger partial charge on any atom is -0.330 e. The van der Waals surface area contributed by atoms with E-state index in [2.05, 4.69) is 5.32 Å². The molecule has 0 aliphatic carbocycles. The second-order valence-corrected chi connectivity index (χ2v) is 3.46. The van der Waals surface area contributed by atoms with Crippen LogP contribution in [0.15, 0.2) is 0 Å². The summed E-state index contributed by atoms with van der Waals surface area (Å²) in [4.78, 5) is 11.4. The number of carbonyl (C=O) groups is 1. The lowest BCUT2D eigenvalue weighted by Gasteiger charge is -2.09. The van der Waals surface area contributed by atoms with Crippen molar-refractivity contribution in [2.75, 3.05) is 19.6 Å². The van der Waals surface area contributed by atoms with Gasteiger partial charge < -0.3 is 16.8 Å². The highest BCUT2D eigenvalue weighted by Gasteiger charge is 2.11. The fourth-order valence-corrected chi connectivity index (χ4v) is 1.24. The molecule has 0 amide bonds. The van der Waals surface area contributed by atoms with Crippen LogP contribution >= 0.6 is 0 Å². The van der Waals surface area contributed by atoms with Gasteiger partial charge in [-0.15, -0.1) is 0 Å². The third-order valence-corrected chi connectivity index (χ3v) is 2.18. The summed E-state index contributed by atoms with van der Waals surface area (Å²) < 4.78 is 0. The molecular weight excluding hydrogens is 178 g/mol. The van der Waals surface area contributed by atoms with Crippen LogP contribution in [0.3, 0.4) is 0 Å². The van der Waals surface area contributed by atoms with Crippen LogP contribution < -0.4 is 16.8 Å². The molecular formula is C10H23N3O. The highest BCUT2D eigenvalue weighted by atomic mass is 16.1. The lowest BCUT2D eigenvalue weighted by Crippen LogP contribution is -2.32. The van der Waals surface area contributed by atoms with E-state index in [-0.39, 0.29) is 11.8 Å². The molecule has 0 saturated carbocycles. The Morgan fingerprint density at radius 2 is 2.14 bits per heavy atom. The van der Waals surface area contributed by atoms with E-state index in [1.165, 1.54) is 0 Å². The molecule has 1 atom stereocenters. The molecule has 0 aromatic heterocycles. The second kappa shape index (κ2) is 9.12. The molecule has 0 aliphatic heterocycles. The molecule has 1 unspecified atom stereocenters. The number of unbranched alkanes of at least 4 members (excludes halogenated alkanes) is 1. The SMILES string of the molecule is CCNCCC(=O)C(N)CCCCN. The summed E-state index contributed by atoms with van der Waals surface area (Å²) >= 11 is 0. The van der Waals surface area contributed by atoms with Crippen molar-refractivity contribution in [1.82, 2.24) is 5.32 Å². The van der Waals surface area contributed by atoms with Crippen molar-refractivity contribution in [3.05, 3.63) is 0 Å². The van der Waals surface area contributed by atoms with E-state index in [4.69, 9.17) is 11.5 Å². The number of nitrogens with two attached hydrogens (primary N) is 2. The predicted molar refractivity (Wildman–Crippen MR) is 59.0 cm³/mol. The van der Waals surface area contributed by atoms with E-state index < -0.39 is 0 Å². The van der Waals surface area contributed by atoms with E-state index in [0.29, 0.717) is 13.0 Å². The molecule has 0 spiro atoms. The molecule has 14 heavy (non-hydrogen) atoms. The first-order valence-electron chi connectivity index (χ1n) is 5.41. The Morgan fingerprint density at radius 1 is 1.43 bits per heavy atom. The smallest absolute Gasteiger partial charge is 0.150 e. The van der Waals surface area contributed by atoms with Crippen molar-refractivity contribution in [1.29, 1.82) is 0 Å². The molecule has 0 fully saturated rings. The Labute approximate surface area is 86.4 Å². The lowest BCUT2D eigenvalue weighted by atomic mass is 10.0. The third-order valence-electron chi connectivity index (χ3n) is 2.18. The Kier molecular flexibility index (Phi) is 8.83. The summed E-state index contributed by atoms with van der Waals surface area (Å²) in [7, 11) is 0. The average Bonchev–Trinajstić information content (AvgIpc) is 2.18. The van der Waals surface area contributed by atoms with Crippen molar-refractivity contribution in [3.8, 4) is 0 Å². The molecule has 0 rings (SSSR count). The van der Waals surface area contributed by atoms with Crippen molar-refractivity contribution in [2.45, 2.75) is 38.6 Å². The zero-order valence-electron chi connectivity index (χ0n) is 9.09. The Morgan fingerprint density at radius 3 is 2.71 bits per heavy atom. The van der Waals surface area contributed by atoms with Gasteiger partial charge in [-0.1, -0.05) is 13.3 Å². The van der Waals surface area contributed by atoms with Crippen molar-refractivity contribution in [3.63, 3.8) is 0 Å². The third kappa shape index (κ3) is 7.00. The van der Waals surface area contributed by atoms with Crippen molar-refractivity contribution >= 4 is 5.78 Å². The van der Waals surface area contributed by atoms with Crippen LogP contribution in [0.1, 0.15) is 32.6 Å². The van der Waals surface area contributed by atoms with E-state index in [9.17, 15) is 4.79 Å². The number of nitrogens with one attached hydrogen (secondary N) is 1. The van der Waals surface area contributed by atoms with Crippen molar-refractivity contribution < 1.29 is 4.79 Å². The zero-order valence-corrected chi connectivity index (χ0v) is 9.09. The van der Waals surface area contributed by atoms with Gasteiger partial charge in [-0.05, 0) is 25.9 Å². The van der Waals surface area contributed by atoms with E-state index >= 15 is 0 Å². The first-order valence-corrected chi connectivity index (χ1v) is 5.41. The van der Waals surface area contributed by atoms with Crippen LogP contribution in [0.4, 0.5) is 0 Å². The maximum atomic E-state index is 11.4. The van der Waals surface area contributed by atoms with Crippen LogP contribution in [0.2, 0.25) is 0 Å². The summed E-state index contributed by atoms with van der Waals surface area (Å²) in [5.74, 6) is 0.156. The normalized spacial score (nSPS) is 12.8. The highest BCUT2D eigenvalue weighted by molar-refractivity contribution is 5.83. The maximum Gasteiger partial charge on any atom is 0.150 e. The van der Waals surface area contributed by atoms with Crippen LogP contribution in [0.5, 0.6) is 0 Å². The number of rotatable bonds is 9. The topological polar surface area (TPSA) is 81.1 Å². The molecule has 0 radical (unpaired) electrons. The Hall–Kier alpha value is -0.450.